The molecule has 1 aliphatic heterocycles. The van der Waals surface area contributed by atoms with Gasteiger partial charge in [0.15, 0.2) is 5.69 Å². The Morgan fingerprint density at radius 2 is 1.77 bits per heavy atom. The summed E-state index contributed by atoms with van der Waals surface area (Å²) in [7, 11) is 0. The molecule has 1 amide bonds. The second kappa shape index (κ2) is 13.7. The molecule has 7 nitrogen and oxygen atoms in total. The average molecular weight is 599 g/mol. The predicted octanol–water partition coefficient (Wildman–Crippen LogP) is 6.99. The number of halogens is 2. The second-order valence-corrected chi connectivity index (χ2v) is 10.8. The molecule has 1 aliphatic rings. The molecular formula is C34H32ClFN4O3. The lowest BCUT2D eigenvalue weighted by molar-refractivity contribution is -0.144. The number of carbonyl (C=O) groups is 2. The van der Waals surface area contributed by atoms with Crippen molar-refractivity contribution in [2.75, 3.05) is 19.7 Å². The van der Waals surface area contributed by atoms with Crippen molar-refractivity contribution in [3.8, 4) is 5.69 Å². The van der Waals surface area contributed by atoms with Crippen LogP contribution in [0.5, 0.6) is 0 Å². The van der Waals surface area contributed by atoms with Crippen LogP contribution in [-0.2, 0) is 16.1 Å². The van der Waals surface area contributed by atoms with Crippen molar-refractivity contribution in [2.24, 2.45) is 4.99 Å². The van der Waals surface area contributed by atoms with E-state index in [1.165, 1.54) is 12.1 Å². The van der Waals surface area contributed by atoms with Crippen LogP contribution in [0, 0.1) is 5.82 Å². The maximum Gasteiger partial charge on any atom is 0.320 e. The van der Waals surface area contributed by atoms with E-state index < -0.39 is 5.91 Å². The largest absolute Gasteiger partial charge is 0.465 e. The molecule has 0 saturated heterocycles. The van der Waals surface area contributed by atoms with E-state index in [1.54, 1.807) is 42.1 Å². The smallest absolute Gasteiger partial charge is 0.320 e. The monoisotopic (exact) mass is 598 g/mol. The molecule has 5 rings (SSSR count). The number of esters is 1. The van der Waals surface area contributed by atoms with Crippen LogP contribution in [0.25, 0.3) is 17.3 Å². The molecule has 1 aromatic heterocycles. The fourth-order valence-corrected chi connectivity index (χ4v) is 5.24. The highest BCUT2D eigenvalue weighted by Crippen LogP contribution is 2.34. The van der Waals surface area contributed by atoms with Gasteiger partial charge in [-0.3, -0.25) is 14.5 Å². The van der Waals surface area contributed by atoms with Gasteiger partial charge in [0.25, 0.3) is 5.91 Å². The number of ether oxygens (including phenoxy) is 1. The van der Waals surface area contributed by atoms with Crippen LogP contribution < -0.4 is 0 Å². The van der Waals surface area contributed by atoms with Gasteiger partial charge in [-0.1, -0.05) is 61.0 Å². The van der Waals surface area contributed by atoms with E-state index >= 15 is 0 Å². The van der Waals surface area contributed by atoms with Crippen molar-refractivity contribution >= 4 is 41.3 Å². The molecule has 0 radical (unpaired) electrons. The molecule has 0 spiro atoms. The quantitative estimate of drug-likeness (QED) is 0.153. The highest BCUT2D eigenvalue weighted by Gasteiger charge is 2.32. The maximum absolute atomic E-state index is 13.7. The lowest BCUT2D eigenvalue weighted by Gasteiger charge is -2.29. The molecule has 9 heteroatoms. The van der Waals surface area contributed by atoms with Gasteiger partial charge in [-0.15, -0.1) is 0 Å². The predicted molar refractivity (Wildman–Crippen MR) is 167 cm³/mol. The fourth-order valence-electron chi connectivity index (χ4n) is 5.11. The van der Waals surface area contributed by atoms with Crippen LogP contribution in [0.2, 0.25) is 5.02 Å². The van der Waals surface area contributed by atoms with E-state index in [1.807, 2.05) is 41.3 Å². The molecular weight excluding hydrogens is 567 g/mol. The molecule has 1 atom stereocenters. The van der Waals surface area contributed by atoms with Crippen LogP contribution in [-0.4, -0.2) is 52.5 Å². The lowest BCUT2D eigenvalue weighted by atomic mass is 9.97. The number of nitrogens with zero attached hydrogens (tertiary/aromatic N) is 4. The van der Waals surface area contributed by atoms with Gasteiger partial charge >= 0.3 is 5.97 Å². The zero-order chi connectivity index (χ0) is 30.3. The van der Waals surface area contributed by atoms with Gasteiger partial charge in [-0.25, -0.2) is 14.1 Å². The molecule has 0 unspecified atom stereocenters. The number of aliphatic imine (C=N–C) groups is 1. The Balaban J connectivity index is 1.57. The number of fused-ring (bicyclic) bond motifs is 1. The molecule has 43 heavy (non-hydrogen) atoms. The van der Waals surface area contributed by atoms with Crippen molar-refractivity contribution in [1.82, 2.24) is 14.7 Å². The minimum Gasteiger partial charge on any atom is -0.465 e. The standard InChI is InChI=1S/C34H32ClFN4O3/c1-3-43-31(41)22-39-20-26(19-24-9-13-28(36)14-10-24)33-30(21-39)32(38-40(33)29-15-11-27(35)12-16-29)34(42)37-18-17-23(2)25-7-5-4-6-8-25/h4-16,18-19,23H,3,17,20-22H2,1-2H3/b26-19+,37-18?/t23-/m0/s1. The molecule has 4 aromatic rings. The fraction of sp³-hybridized carbons (Fsp3) is 0.235. The minimum absolute atomic E-state index is 0.0334. The summed E-state index contributed by atoms with van der Waals surface area (Å²) < 4.78 is 20.6. The molecule has 0 fully saturated rings. The van der Waals surface area contributed by atoms with E-state index in [2.05, 4.69) is 24.0 Å². The van der Waals surface area contributed by atoms with Crippen molar-refractivity contribution in [2.45, 2.75) is 32.7 Å². The Labute approximate surface area is 255 Å². The maximum atomic E-state index is 13.7. The van der Waals surface area contributed by atoms with Crippen LogP contribution in [0.3, 0.4) is 0 Å². The number of hydrogen-bond donors (Lipinski definition) is 0. The molecule has 3 aromatic carbocycles. The Morgan fingerprint density at radius 1 is 1.05 bits per heavy atom. The Hall–Kier alpha value is -4.40. The summed E-state index contributed by atoms with van der Waals surface area (Å²) in [6.07, 6.45) is 4.14. The van der Waals surface area contributed by atoms with Gasteiger partial charge in [0.1, 0.15) is 5.82 Å². The average Bonchev–Trinajstić information content (AvgIpc) is 3.39. The third kappa shape index (κ3) is 7.34. The lowest BCUT2D eigenvalue weighted by Crippen LogP contribution is -2.35. The van der Waals surface area contributed by atoms with Crippen LogP contribution in [0.15, 0.2) is 83.9 Å². The van der Waals surface area contributed by atoms with Gasteiger partial charge in [-0.05, 0) is 78.4 Å². The summed E-state index contributed by atoms with van der Waals surface area (Å²) in [6, 6.07) is 23.4. The van der Waals surface area contributed by atoms with Crippen molar-refractivity contribution in [1.29, 1.82) is 0 Å². The Kier molecular flexibility index (Phi) is 9.59. The van der Waals surface area contributed by atoms with Gasteiger partial charge < -0.3 is 4.74 Å². The Morgan fingerprint density at radius 3 is 2.47 bits per heavy atom. The minimum atomic E-state index is -0.469. The van der Waals surface area contributed by atoms with Gasteiger partial charge in [0.05, 0.1) is 24.5 Å². The number of rotatable bonds is 9. The molecule has 0 aliphatic carbocycles. The highest BCUT2D eigenvalue weighted by molar-refractivity contribution is 6.30. The van der Waals surface area contributed by atoms with Crippen LogP contribution in [0.1, 0.15) is 59.1 Å². The third-order valence-electron chi connectivity index (χ3n) is 7.24. The molecule has 2 heterocycles. The second-order valence-electron chi connectivity index (χ2n) is 10.4. The van der Waals surface area contributed by atoms with E-state index in [9.17, 15) is 14.0 Å². The normalized spacial score (nSPS) is 15.0. The number of aromatic nitrogens is 2. The van der Waals surface area contributed by atoms with Crippen LogP contribution >= 0.6 is 11.6 Å². The summed E-state index contributed by atoms with van der Waals surface area (Å²) >= 11 is 6.17. The van der Waals surface area contributed by atoms with Crippen molar-refractivity contribution in [3.05, 3.63) is 118 Å². The van der Waals surface area contributed by atoms with E-state index in [4.69, 9.17) is 21.4 Å². The zero-order valence-corrected chi connectivity index (χ0v) is 24.8. The first-order valence-corrected chi connectivity index (χ1v) is 14.5. The van der Waals surface area contributed by atoms with Gasteiger partial charge in [0.2, 0.25) is 0 Å². The third-order valence-corrected chi connectivity index (χ3v) is 7.49. The van der Waals surface area contributed by atoms with Gasteiger partial charge in [0, 0.05) is 29.9 Å². The number of benzene rings is 3. The molecule has 0 bridgehead atoms. The number of amides is 1. The summed E-state index contributed by atoms with van der Waals surface area (Å²) in [5.74, 6) is -0.987. The summed E-state index contributed by atoms with van der Waals surface area (Å²) in [6.45, 7) is 4.82. The number of hydrogen-bond acceptors (Lipinski definition) is 5. The zero-order valence-electron chi connectivity index (χ0n) is 24.0. The highest BCUT2D eigenvalue weighted by atomic mass is 35.5. The van der Waals surface area contributed by atoms with Crippen molar-refractivity contribution in [3.63, 3.8) is 0 Å². The molecule has 220 valence electrons. The first-order chi connectivity index (χ1) is 20.8. The Bertz CT molecular complexity index is 1650. The first-order valence-electron chi connectivity index (χ1n) is 14.2. The molecule has 0 saturated carbocycles. The van der Waals surface area contributed by atoms with E-state index in [0.29, 0.717) is 35.8 Å². The van der Waals surface area contributed by atoms with Crippen LogP contribution in [0.4, 0.5) is 4.39 Å². The summed E-state index contributed by atoms with van der Waals surface area (Å²) in [4.78, 5) is 32.3. The number of carbonyl (C=O) groups excluding carboxylic acids is 2. The van der Waals surface area contributed by atoms with Crippen molar-refractivity contribution < 1.29 is 18.7 Å². The van der Waals surface area contributed by atoms with Gasteiger partial charge in [-0.2, -0.15) is 5.10 Å². The van der Waals surface area contributed by atoms with E-state index in [-0.39, 0.29) is 36.5 Å². The first kappa shape index (κ1) is 30.1. The SMILES string of the molecule is CCOC(=O)CN1C/C(=C\c2ccc(F)cc2)c2c(c(C(=O)N=CC[C@H](C)c3ccccc3)nn2-c2ccc(Cl)cc2)C1. The summed E-state index contributed by atoms with van der Waals surface area (Å²) in [5.41, 5.74) is 5.03. The summed E-state index contributed by atoms with van der Waals surface area (Å²) in [5, 5.41) is 5.34. The molecule has 0 N–H and O–H groups in total. The topological polar surface area (TPSA) is 76.8 Å². The van der Waals surface area contributed by atoms with E-state index in [0.717, 1.165) is 22.4 Å².